The van der Waals surface area contributed by atoms with Gasteiger partial charge >= 0.3 is 0 Å². The highest BCUT2D eigenvalue weighted by atomic mass is 32.2. The summed E-state index contributed by atoms with van der Waals surface area (Å²) in [4.78, 5) is 0. The van der Waals surface area contributed by atoms with Gasteiger partial charge in [0.1, 0.15) is 11.6 Å². The quantitative estimate of drug-likeness (QED) is 0.827. The highest BCUT2D eigenvalue weighted by Gasteiger charge is 2.14. The maximum atomic E-state index is 13.4. The first-order valence-corrected chi connectivity index (χ1v) is 6.73. The Hall–Kier alpha value is -0.610. The molecule has 0 saturated carbocycles. The first-order valence-electron chi connectivity index (χ1n) is 5.34. The summed E-state index contributed by atoms with van der Waals surface area (Å²) < 4.78 is 26.8. The molecule has 0 saturated heterocycles. The molecule has 0 bridgehead atoms. The van der Waals surface area contributed by atoms with E-state index in [0.717, 1.165) is 12.3 Å². The van der Waals surface area contributed by atoms with Crippen molar-refractivity contribution in [1.29, 1.82) is 0 Å². The van der Waals surface area contributed by atoms with Crippen molar-refractivity contribution >= 4 is 11.8 Å². The minimum absolute atomic E-state index is 0.117. The molecule has 1 aromatic carbocycles. The van der Waals surface area contributed by atoms with Gasteiger partial charge in [0, 0.05) is 17.4 Å². The van der Waals surface area contributed by atoms with Gasteiger partial charge in [-0.25, -0.2) is 8.78 Å². The van der Waals surface area contributed by atoms with Crippen molar-refractivity contribution in [2.24, 2.45) is 0 Å². The molecular weight excluding hydrogens is 228 g/mol. The minimum Gasteiger partial charge on any atom is -0.313 e. The van der Waals surface area contributed by atoms with Gasteiger partial charge in [-0.1, -0.05) is 13.0 Å². The molecular formula is C12H17F2NS. The lowest BCUT2D eigenvalue weighted by Crippen LogP contribution is -2.33. The topological polar surface area (TPSA) is 12.0 Å². The zero-order chi connectivity index (χ0) is 12.0. The van der Waals surface area contributed by atoms with Gasteiger partial charge in [0.2, 0.25) is 0 Å². The number of hydrogen-bond donors (Lipinski definition) is 1. The van der Waals surface area contributed by atoms with Crippen LogP contribution in [0.2, 0.25) is 0 Å². The van der Waals surface area contributed by atoms with E-state index in [9.17, 15) is 8.78 Å². The number of benzene rings is 1. The van der Waals surface area contributed by atoms with Crippen molar-refractivity contribution in [2.75, 3.05) is 18.6 Å². The van der Waals surface area contributed by atoms with Gasteiger partial charge < -0.3 is 5.32 Å². The van der Waals surface area contributed by atoms with Crippen LogP contribution in [0.25, 0.3) is 0 Å². The van der Waals surface area contributed by atoms with Gasteiger partial charge in [-0.3, -0.25) is 0 Å². The Morgan fingerprint density at radius 3 is 2.44 bits per heavy atom. The number of likely N-dealkylation sites (N-methyl/N-ethyl adjacent to an activating group) is 1. The lowest BCUT2D eigenvalue weighted by Gasteiger charge is -2.17. The fourth-order valence-electron chi connectivity index (χ4n) is 1.65. The zero-order valence-corrected chi connectivity index (χ0v) is 10.4. The van der Waals surface area contributed by atoms with Crippen LogP contribution in [0.5, 0.6) is 0 Å². The average Bonchev–Trinajstić information content (AvgIpc) is 2.24. The summed E-state index contributed by atoms with van der Waals surface area (Å²) in [6.45, 7) is 2.80. The summed E-state index contributed by atoms with van der Waals surface area (Å²) in [5.74, 6) is -0.0604. The van der Waals surface area contributed by atoms with E-state index in [1.54, 1.807) is 11.8 Å². The van der Waals surface area contributed by atoms with Crippen LogP contribution >= 0.6 is 11.8 Å². The van der Waals surface area contributed by atoms with Crippen molar-refractivity contribution in [1.82, 2.24) is 5.32 Å². The molecule has 4 heteroatoms. The minimum atomic E-state index is -0.455. The van der Waals surface area contributed by atoms with E-state index in [-0.39, 0.29) is 11.6 Å². The lowest BCUT2D eigenvalue weighted by molar-refractivity contribution is 0.512. The zero-order valence-electron chi connectivity index (χ0n) is 9.59. The second kappa shape index (κ2) is 6.86. The molecule has 16 heavy (non-hydrogen) atoms. The van der Waals surface area contributed by atoms with Gasteiger partial charge in [-0.2, -0.15) is 11.8 Å². The highest BCUT2D eigenvalue weighted by Crippen LogP contribution is 2.15. The van der Waals surface area contributed by atoms with Crippen molar-refractivity contribution < 1.29 is 8.78 Å². The van der Waals surface area contributed by atoms with Crippen LogP contribution in [0.15, 0.2) is 18.2 Å². The molecule has 0 aliphatic heterocycles. The van der Waals surface area contributed by atoms with Crippen LogP contribution < -0.4 is 5.32 Å². The molecule has 0 aliphatic rings. The van der Waals surface area contributed by atoms with Crippen molar-refractivity contribution in [3.63, 3.8) is 0 Å². The largest absolute Gasteiger partial charge is 0.313 e. The molecule has 1 atom stereocenters. The van der Waals surface area contributed by atoms with E-state index >= 15 is 0 Å². The fourth-order valence-corrected chi connectivity index (χ4v) is 2.29. The molecule has 1 N–H and O–H groups in total. The van der Waals surface area contributed by atoms with Crippen LogP contribution in [0.3, 0.4) is 0 Å². The van der Waals surface area contributed by atoms with Crippen LogP contribution in [-0.4, -0.2) is 24.6 Å². The van der Waals surface area contributed by atoms with E-state index in [2.05, 4.69) is 5.32 Å². The molecule has 1 rings (SSSR count). The molecule has 0 fully saturated rings. The molecule has 1 nitrogen and oxygen atoms in total. The van der Waals surface area contributed by atoms with Crippen molar-refractivity contribution in [3.8, 4) is 0 Å². The maximum Gasteiger partial charge on any atom is 0.129 e. The average molecular weight is 245 g/mol. The number of halogens is 2. The van der Waals surface area contributed by atoms with Gasteiger partial charge in [0.25, 0.3) is 0 Å². The molecule has 0 aromatic heterocycles. The van der Waals surface area contributed by atoms with Crippen LogP contribution in [0.1, 0.15) is 12.5 Å². The maximum absolute atomic E-state index is 13.4. The third kappa shape index (κ3) is 3.76. The Kier molecular flexibility index (Phi) is 5.77. The van der Waals surface area contributed by atoms with E-state index < -0.39 is 11.6 Å². The van der Waals surface area contributed by atoms with Gasteiger partial charge in [0.15, 0.2) is 0 Å². The molecule has 0 aliphatic carbocycles. The SMILES string of the molecule is CCNC(CSC)Cc1c(F)cccc1F. The Labute approximate surface area is 99.6 Å². The number of thioether (sulfide) groups is 1. The summed E-state index contributed by atoms with van der Waals surface area (Å²) in [5, 5.41) is 3.23. The van der Waals surface area contributed by atoms with Crippen LogP contribution in [-0.2, 0) is 6.42 Å². The molecule has 0 amide bonds. The van der Waals surface area contributed by atoms with E-state index in [1.807, 2.05) is 13.2 Å². The van der Waals surface area contributed by atoms with Crippen LogP contribution in [0.4, 0.5) is 8.78 Å². The van der Waals surface area contributed by atoms with E-state index in [4.69, 9.17) is 0 Å². The van der Waals surface area contributed by atoms with Crippen LogP contribution in [0, 0.1) is 11.6 Å². The van der Waals surface area contributed by atoms with Gasteiger partial charge in [-0.15, -0.1) is 0 Å². The van der Waals surface area contributed by atoms with E-state index in [1.165, 1.54) is 18.2 Å². The molecule has 0 radical (unpaired) electrons. The van der Waals surface area contributed by atoms with Gasteiger partial charge in [-0.05, 0) is 31.4 Å². The Balaban J connectivity index is 2.76. The molecule has 1 aromatic rings. The third-order valence-electron chi connectivity index (χ3n) is 2.37. The second-order valence-electron chi connectivity index (χ2n) is 3.61. The fraction of sp³-hybridized carbons (Fsp3) is 0.500. The molecule has 1 unspecified atom stereocenters. The van der Waals surface area contributed by atoms with E-state index in [0.29, 0.717) is 6.42 Å². The first kappa shape index (κ1) is 13.5. The normalized spacial score (nSPS) is 12.8. The molecule has 0 heterocycles. The lowest BCUT2D eigenvalue weighted by atomic mass is 10.1. The van der Waals surface area contributed by atoms with Gasteiger partial charge in [0.05, 0.1) is 0 Å². The summed E-state index contributed by atoms with van der Waals surface area (Å²) in [6.07, 6.45) is 2.38. The molecule has 0 spiro atoms. The number of nitrogens with one attached hydrogen (secondary N) is 1. The first-order chi connectivity index (χ1) is 7.69. The second-order valence-corrected chi connectivity index (χ2v) is 4.52. The predicted octanol–water partition coefficient (Wildman–Crippen LogP) is 2.85. The Bertz CT molecular complexity index is 305. The molecule has 90 valence electrons. The summed E-state index contributed by atoms with van der Waals surface area (Å²) in [5.41, 5.74) is 0.183. The Morgan fingerprint density at radius 1 is 1.31 bits per heavy atom. The Morgan fingerprint density at radius 2 is 1.94 bits per heavy atom. The summed E-state index contributed by atoms with van der Waals surface area (Å²) >= 11 is 1.67. The third-order valence-corrected chi connectivity index (χ3v) is 3.11. The van der Waals surface area contributed by atoms with Crippen molar-refractivity contribution in [3.05, 3.63) is 35.4 Å². The standard InChI is InChI=1S/C12H17F2NS/c1-3-15-9(8-16-2)7-10-11(13)5-4-6-12(10)14/h4-6,9,15H,3,7-8H2,1-2H3. The smallest absolute Gasteiger partial charge is 0.129 e. The predicted molar refractivity (Wildman–Crippen MR) is 65.9 cm³/mol. The monoisotopic (exact) mass is 245 g/mol. The number of rotatable bonds is 6. The summed E-state index contributed by atoms with van der Waals surface area (Å²) in [6, 6.07) is 4.12. The highest BCUT2D eigenvalue weighted by molar-refractivity contribution is 7.98. The summed E-state index contributed by atoms with van der Waals surface area (Å²) in [7, 11) is 0. The van der Waals surface area contributed by atoms with Crippen molar-refractivity contribution in [2.45, 2.75) is 19.4 Å². The number of hydrogen-bond acceptors (Lipinski definition) is 2.